The lowest BCUT2D eigenvalue weighted by Crippen LogP contribution is -2.51. The first-order valence-electron chi connectivity index (χ1n) is 10.8. The largest absolute Gasteiger partial charge is 0.507 e. The number of para-hydroxylation sites is 1. The van der Waals surface area contributed by atoms with Gasteiger partial charge in [-0.05, 0) is 42.7 Å². The lowest BCUT2D eigenvalue weighted by molar-refractivity contribution is -0.143. The molecule has 3 amide bonds. The molecule has 0 saturated carbocycles. The minimum Gasteiger partial charge on any atom is -0.507 e. The molecule has 0 spiro atoms. The van der Waals surface area contributed by atoms with Crippen LogP contribution in [0.5, 0.6) is 11.5 Å². The first-order chi connectivity index (χ1) is 15.5. The van der Waals surface area contributed by atoms with Crippen LogP contribution < -0.4 is 15.6 Å². The summed E-state index contributed by atoms with van der Waals surface area (Å²) in [5.74, 6) is -1.02. The average molecular weight is 440 g/mol. The van der Waals surface area contributed by atoms with E-state index in [1.807, 2.05) is 12.1 Å². The molecule has 8 nitrogen and oxygen atoms in total. The van der Waals surface area contributed by atoms with Crippen molar-refractivity contribution in [1.29, 1.82) is 0 Å². The van der Waals surface area contributed by atoms with Crippen molar-refractivity contribution < 1.29 is 24.2 Å². The molecule has 1 aliphatic heterocycles. The van der Waals surface area contributed by atoms with Gasteiger partial charge in [-0.25, -0.2) is 0 Å². The number of hydrogen-bond donors (Lipinski definition) is 3. The molecule has 0 radical (unpaired) electrons. The highest BCUT2D eigenvalue weighted by Crippen LogP contribution is 2.37. The van der Waals surface area contributed by atoms with Gasteiger partial charge in [0.15, 0.2) is 0 Å². The predicted octanol–water partition coefficient (Wildman–Crippen LogP) is 2.94. The average Bonchev–Trinajstić information content (AvgIpc) is 2.81. The number of methoxy groups -OCH3 is 1. The Hall–Kier alpha value is -3.55. The zero-order valence-corrected chi connectivity index (χ0v) is 18.3. The van der Waals surface area contributed by atoms with E-state index in [1.165, 1.54) is 12.1 Å². The van der Waals surface area contributed by atoms with Crippen molar-refractivity contribution in [1.82, 2.24) is 15.8 Å². The van der Waals surface area contributed by atoms with Crippen LogP contribution in [0, 0.1) is 5.92 Å². The predicted molar refractivity (Wildman–Crippen MR) is 119 cm³/mol. The molecule has 32 heavy (non-hydrogen) atoms. The molecule has 0 aliphatic carbocycles. The molecule has 3 rings (SSSR count). The third-order valence-corrected chi connectivity index (χ3v) is 5.70. The summed E-state index contributed by atoms with van der Waals surface area (Å²) < 4.78 is 5.23. The number of nitrogens with zero attached hydrogens (tertiary/aromatic N) is 1. The summed E-state index contributed by atoms with van der Waals surface area (Å²) >= 11 is 0. The van der Waals surface area contributed by atoms with Crippen molar-refractivity contribution in [3.05, 3.63) is 59.7 Å². The fraction of sp³-hybridized carbons (Fsp3) is 0.375. The molecule has 1 heterocycles. The van der Waals surface area contributed by atoms with E-state index in [4.69, 9.17) is 4.74 Å². The zero-order chi connectivity index (χ0) is 23.1. The van der Waals surface area contributed by atoms with E-state index in [2.05, 4.69) is 17.8 Å². The Bertz CT molecular complexity index is 960. The van der Waals surface area contributed by atoms with Crippen molar-refractivity contribution in [2.45, 2.75) is 38.6 Å². The second-order valence-corrected chi connectivity index (χ2v) is 7.76. The molecular formula is C24H29N3O5. The maximum atomic E-state index is 13.1. The minimum atomic E-state index is -0.618. The highest BCUT2D eigenvalue weighted by atomic mass is 16.5. The fourth-order valence-electron chi connectivity index (χ4n) is 3.98. The molecule has 3 N–H and O–H groups in total. The molecule has 2 aromatic carbocycles. The molecule has 0 unspecified atom stereocenters. The number of unbranched alkanes of at least 4 members (excludes halogenated alkanes) is 1. The zero-order valence-electron chi connectivity index (χ0n) is 18.3. The first kappa shape index (κ1) is 23.1. The van der Waals surface area contributed by atoms with Gasteiger partial charge in [-0.1, -0.05) is 37.6 Å². The third kappa shape index (κ3) is 5.19. The van der Waals surface area contributed by atoms with E-state index >= 15 is 0 Å². The Kier molecular flexibility index (Phi) is 7.70. The number of likely N-dealkylation sites (tertiary alicyclic amines) is 1. The highest BCUT2D eigenvalue weighted by Gasteiger charge is 2.40. The third-order valence-electron chi connectivity index (χ3n) is 5.70. The van der Waals surface area contributed by atoms with Gasteiger partial charge in [0.05, 0.1) is 24.6 Å². The second kappa shape index (κ2) is 10.7. The van der Waals surface area contributed by atoms with Gasteiger partial charge in [-0.2, -0.15) is 0 Å². The summed E-state index contributed by atoms with van der Waals surface area (Å²) in [6.45, 7) is 2.61. The molecule has 8 heteroatoms. The standard InChI is InChI=1S/C24H29N3O5/c1-3-4-15-27-21(29)14-13-19(22(27)16-9-11-17(32-2)12-10-16)24(31)26-25-23(30)18-7-5-6-8-20(18)28/h5-12,19,22,28H,3-4,13-15H2,1-2H3,(H,25,30)(H,26,31)/t19-,22+/m0/s1. The maximum absolute atomic E-state index is 13.1. The van der Waals surface area contributed by atoms with Crippen molar-refractivity contribution in [3.63, 3.8) is 0 Å². The monoisotopic (exact) mass is 439 g/mol. The number of phenolic OH excluding ortho intramolecular Hbond substituents is 1. The van der Waals surface area contributed by atoms with Gasteiger partial charge in [0, 0.05) is 13.0 Å². The van der Waals surface area contributed by atoms with Gasteiger partial charge in [0.25, 0.3) is 5.91 Å². The van der Waals surface area contributed by atoms with Crippen LogP contribution in [0.1, 0.15) is 54.6 Å². The van der Waals surface area contributed by atoms with Crippen LogP contribution in [-0.2, 0) is 9.59 Å². The Labute approximate surface area is 187 Å². The van der Waals surface area contributed by atoms with Crippen LogP contribution in [0.2, 0.25) is 0 Å². The van der Waals surface area contributed by atoms with Gasteiger partial charge in [0.1, 0.15) is 11.5 Å². The van der Waals surface area contributed by atoms with Crippen molar-refractivity contribution in [2.24, 2.45) is 5.92 Å². The summed E-state index contributed by atoms with van der Waals surface area (Å²) in [6, 6.07) is 13.0. The van der Waals surface area contributed by atoms with E-state index < -0.39 is 17.9 Å². The topological polar surface area (TPSA) is 108 Å². The number of carbonyl (C=O) groups is 3. The van der Waals surface area contributed by atoms with E-state index in [9.17, 15) is 19.5 Å². The van der Waals surface area contributed by atoms with E-state index in [1.54, 1.807) is 36.3 Å². The minimum absolute atomic E-state index is 0.0153. The maximum Gasteiger partial charge on any atom is 0.273 e. The highest BCUT2D eigenvalue weighted by molar-refractivity contribution is 5.98. The van der Waals surface area contributed by atoms with Crippen molar-refractivity contribution in [2.75, 3.05) is 13.7 Å². The number of carbonyl (C=O) groups excluding carboxylic acids is 3. The van der Waals surface area contributed by atoms with E-state index in [0.29, 0.717) is 18.7 Å². The van der Waals surface area contributed by atoms with Crippen LogP contribution in [-0.4, -0.2) is 41.4 Å². The van der Waals surface area contributed by atoms with Gasteiger partial charge >= 0.3 is 0 Å². The number of hydrazine groups is 1. The van der Waals surface area contributed by atoms with Gasteiger partial charge in [-0.3, -0.25) is 25.2 Å². The quantitative estimate of drug-likeness (QED) is 0.575. The molecule has 2 atom stereocenters. The summed E-state index contributed by atoms with van der Waals surface area (Å²) in [4.78, 5) is 40.0. The lowest BCUT2D eigenvalue weighted by Gasteiger charge is -2.41. The number of phenols is 1. The van der Waals surface area contributed by atoms with Gasteiger partial charge in [-0.15, -0.1) is 0 Å². The Balaban J connectivity index is 1.80. The summed E-state index contributed by atoms with van der Waals surface area (Å²) in [5, 5.41) is 9.85. The van der Waals surface area contributed by atoms with Crippen molar-refractivity contribution >= 4 is 17.7 Å². The summed E-state index contributed by atoms with van der Waals surface area (Å²) in [6.07, 6.45) is 2.39. The first-order valence-corrected chi connectivity index (χ1v) is 10.8. The molecule has 1 saturated heterocycles. The van der Waals surface area contributed by atoms with Crippen LogP contribution >= 0.6 is 0 Å². The van der Waals surface area contributed by atoms with Crippen molar-refractivity contribution in [3.8, 4) is 11.5 Å². The molecule has 0 aromatic heterocycles. The van der Waals surface area contributed by atoms with Crippen LogP contribution in [0.25, 0.3) is 0 Å². The van der Waals surface area contributed by atoms with Gasteiger partial charge in [0.2, 0.25) is 11.8 Å². The number of ether oxygens (including phenoxy) is 1. The van der Waals surface area contributed by atoms with E-state index in [-0.39, 0.29) is 29.5 Å². The molecular weight excluding hydrogens is 410 g/mol. The molecule has 0 bridgehead atoms. The SMILES string of the molecule is CCCCN1C(=O)CC[C@H](C(=O)NNC(=O)c2ccccc2O)[C@H]1c1ccc(OC)cc1. The van der Waals surface area contributed by atoms with E-state index in [0.717, 1.165) is 18.4 Å². The lowest BCUT2D eigenvalue weighted by atomic mass is 9.83. The molecule has 1 fully saturated rings. The molecule has 2 aromatic rings. The Morgan fingerprint density at radius 2 is 1.84 bits per heavy atom. The Morgan fingerprint density at radius 3 is 2.50 bits per heavy atom. The number of nitrogens with one attached hydrogen (secondary N) is 2. The smallest absolute Gasteiger partial charge is 0.273 e. The molecule has 1 aliphatic rings. The Morgan fingerprint density at radius 1 is 1.12 bits per heavy atom. The van der Waals surface area contributed by atoms with Gasteiger partial charge < -0.3 is 14.7 Å². The number of piperidine rings is 1. The summed E-state index contributed by atoms with van der Waals surface area (Å²) in [7, 11) is 1.58. The number of aromatic hydroxyl groups is 1. The fourth-order valence-corrected chi connectivity index (χ4v) is 3.98. The van der Waals surface area contributed by atoms with Crippen LogP contribution in [0.4, 0.5) is 0 Å². The van der Waals surface area contributed by atoms with Crippen LogP contribution in [0.3, 0.4) is 0 Å². The summed E-state index contributed by atoms with van der Waals surface area (Å²) in [5.41, 5.74) is 5.75. The normalized spacial score (nSPS) is 18.2. The number of hydrogen-bond acceptors (Lipinski definition) is 5. The molecule has 170 valence electrons. The number of amides is 3. The second-order valence-electron chi connectivity index (χ2n) is 7.76. The number of rotatable bonds is 7. The van der Waals surface area contributed by atoms with Crippen LogP contribution in [0.15, 0.2) is 48.5 Å². The number of benzene rings is 2.